The number of esters is 2. The van der Waals surface area contributed by atoms with Crippen LogP contribution >= 0.6 is 0 Å². The molecule has 0 saturated carbocycles. The van der Waals surface area contributed by atoms with Gasteiger partial charge in [-0.15, -0.1) is 0 Å². The Balaban J connectivity index is 1.64. The van der Waals surface area contributed by atoms with Gasteiger partial charge in [0.05, 0.1) is 24.2 Å². The van der Waals surface area contributed by atoms with E-state index < -0.39 is 23.1 Å². The molecule has 2 heterocycles. The summed E-state index contributed by atoms with van der Waals surface area (Å²) in [5.74, 6) is -1.25. The van der Waals surface area contributed by atoms with Crippen molar-refractivity contribution in [1.82, 2.24) is 9.13 Å². The molecule has 0 N–H and O–H groups in total. The number of ether oxygens (including phenoxy) is 4. The van der Waals surface area contributed by atoms with Crippen LogP contribution in [0.5, 0.6) is 11.5 Å². The van der Waals surface area contributed by atoms with E-state index in [2.05, 4.69) is 0 Å². The lowest BCUT2D eigenvalue weighted by molar-refractivity contribution is 0.0509. The zero-order valence-corrected chi connectivity index (χ0v) is 23.7. The smallest absolute Gasteiger partial charge is 0.347 e. The third-order valence-electron chi connectivity index (χ3n) is 6.57. The number of aromatic nitrogens is 2. The van der Waals surface area contributed by atoms with Gasteiger partial charge in [-0.2, -0.15) is 0 Å². The zero-order chi connectivity index (χ0) is 29.7. The van der Waals surface area contributed by atoms with Crippen LogP contribution in [-0.2, 0) is 23.6 Å². The van der Waals surface area contributed by atoms with Crippen LogP contribution in [0.4, 0.5) is 0 Å². The van der Waals surface area contributed by atoms with Crippen LogP contribution in [0, 0.1) is 0 Å². The van der Waals surface area contributed by atoms with Gasteiger partial charge in [0.2, 0.25) is 0 Å². The fraction of sp³-hybridized carbons (Fsp3) is 0.290. The number of aryl methyl sites for hydroxylation is 2. The van der Waals surface area contributed by atoms with Gasteiger partial charge in [0, 0.05) is 24.9 Å². The molecule has 0 unspecified atom stereocenters. The lowest BCUT2D eigenvalue weighted by Crippen LogP contribution is -2.27. The van der Waals surface area contributed by atoms with Gasteiger partial charge < -0.3 is 28.1 Å². The summed E-state index contributed by atoms with van der Waals surface area (Å²) in [6.07, 6.45) is 1.73. The summed E-state index contributed by atoms with van der Waals surface area (Å²) in [4.78, 5) is 51.6. The maximum absolute atomic E-state index is 13.1. The molecule has 214 valence electrons. The van der Waals surface area contributed by atoms with Crippen molar-refractivity contribution >= 4 is 33.7 Å². The van der Waals surface area contributed by atoms with E-state index >= 15 is 0 Å². The predicted octanol–water partition coefficient (Wildman–Crippen LogP) is 4.15. The van der Waals surface area contributed by atoms with Crippen molar-refractivity contribution in [3.05, 3.63) is 92.0 Å². The third-order valence-corrected chi connectivity index (χ3v) is 6.57. The highest BCUT2D eigenvalue weighted by atomic mass is 16.5. The normalized spacial score (nSPS) is 11.5. The van der Waals surface area contributed by atoms with Gasteiger partial charge >= 0.3 is 11.9 Å². The van der Waals surface area contributed by atoms with E-state index in [0.29, 0.717) is 21.8 Å². The number of fused-ring (bicyclic) bond motifs is 2. The summed E-state index contributed by atoms with van der Waals surface area (Å²) in [5.41, 5.74) is 0.527. The fourth-order valence-electron chi connectivity index (χ4n) is 4.51. The first-order valence-electron chi connectivity index (χ1n) is 13.2. The Bertz CT molecular complexity index is 1780. The summed E-state index contributed by atoms with van der Waals surface area (Å²) in [7, 11) is 3.18. The van der Waals surface area contributed by atoms with E-state index in [-0.39, 0.29) is 49.1 Å². The highest BCUT2D eigenvalue weighted by Crippen LogP contribution is 2.29. The summed E-state index contributed by atoms with van der Waals surface area (Å²) >= 11 is 0. The lowest BCUT2D eigenvalue weighted by atomic mass is 10.1. The number of rotatable bonds is 10. The molecule has 10 heteroatoms. The van der Waals surface area contributed by atoms with Crippen molar-refractivity contribution in [2.24, 2.45) is 14.1 Å². The lowest BCUT2D eigenvalue weighted by Gasteiger charge is -2.16. The van der Waals surface area contributed by atoms with Gasteiger partial charge in [0.15, 0.2) is 11.1 Å². The number of benzene rings is 2. The minimum absolute atomic E-state index is 0.0147. The van der Waals surface area contributed by atoms with Gasteiger partial charge in [-0.25, -0.2) is 9.59 Å². The number of pyridine rings is 2. The van der Waals surface area contributed by atoms with Gasteiger partial charge in [0.1, 0.15) is 24.7 Å². The fourth-order valence-corrected chi connectivity index (χ4v) is 4.51. The molecule has 0 bridgehead atoms. The number of carbonyl (C=O) groups is 2. The number of hydrogen-bond acceptors (Lipinski definition) is 8. The number of nitrogens with zero attached hydrogens (tertiary/aromatic N) is 2. The monoisotopic (exact) mass is 560 g/mol. The van der Waals surface area contributed by atoms with Crippen LogP contribution in [-0.4, -0.2) is 47.5 Å². The number of carbonyl (C=O) groups excluding carboxylic acids is 2. The van der Waals surface area contributed by atoms with E-state index in [1.807, 2.05) is 0 Å². The Morgan fingerprint density at radius 1 is 0.732 bits per heavy atom. The van der Waals surface area contributed by atoms with Crippen molar-refractivity contribution in [3.63, 3.8) is 0 Å². The average molecular weight is 561 g/mol. The summed E-state index contributed by atoms with van der Waals surface area (Å²) in [6.45, 7) is 5.39. The zero-order valence-electron chi connectivity index (χ0n) is 23.7. The summed E-state index contributed by atoms with van der Waals surface area (Å²) in [6, 6.07) is 14.2. The Kier molecular flexibility index (Phi) is 8.91. The van der Waals surface area contributed by atoms with E-state index in [4.69, 9.17) is 18.9 Å². The van der Waals surface area contributed by atoms with Crippen LogP contribution in [0.1, 0.15) is 41.5 Å². The number of para-hydroxylation sites is 2. The molecule has 0 fully saturated rings. The maximum atomic E-state index is 13.1. The van der Waals surface area contributed by atoms with Crippen molar-refractivity contribution in [3.8, 4) is 11.5 Å². The first kappa shape index (κ1) is 29.1. The Hall–Kier alpha value is -4.86. The first-order chi connectivity index (χ1) is 19.7. The second-order valence-corrected chi connectivity index (χ2v) is 9.26. The first-order valence-corrected chi connectivity index (χ1v) is 13.2. The Morgan fingerprint density at radius 2 is 1.17 bits per heavy atom. The largest absolute Gasteiger partial charge is 0.488 e. The van der Waals surface area contributed by atoms with Crippen molar-refractivity contribution in [2.75, 3.05) is 26.4 Å². The van der Waals surface area contributed by atoms with Crippen LogP contribution in [0.25, 0.3) is 21.8 Å². The molecule has 0 amide bonds. The summed E-state index contributed by atoms with van der Waals surface area (Å²) in [5, 5.41) is 1.18. The van der Waals surface area contributed by atoms with Gasteiger partial charge in [-0.05, 0) is 56.7 Å². The molecule has 2 aromatic carbocycles. The average Bonchev–Trinajstić information content (AvgIpc) is 2.96. The highest BCUT2D eigenvalue weighted by Gasteiger charge is 2.25. The van der Waals surface area contributed by atoms with Crippen LogP contribution in [0.2, 0.25) is 0 Å². The second-order valence-electron chi connectivity index (χ2n) is 9.26. The predicted molar refractivity (Wildman–Crippen MR) is 155 cm³/mol. The molecule has 4 rings (SSSR count). The van der Waals surface area contributed by atoms with Crippen LogP contribution in [0.15, 0.2) is 69.8 Å². The second kappa shape index (κ2) is 12.5. The molecule has 0 radical (unpaired) electrons. The van der Waals surface area contributed by atoms with E-state index in [1.165, 1.54) is 9.13 Å². The quantitative estimate of drug-likeness (QED) is 0.210. The molecular weight excluding hydrogens is 528 g/mol. The maximum Gasteiger partial charge on any atom is 0.347 e. The van der Waals surface area contributed by atoms with Crippen molar-refractivity contribution in [1.29, 1.82) is 0 Å². The molecule has 2 aromatic heterocycles. The molecule has 4 aromatic rings. The standard InChI is InChI=1S/C31H32N2O8/c1-6-38-30(36)24-26(20-12-8-10-14-22(20)32(4)28(24)34)40-17-16-19(3)18-41-27-21-13-9-11-15-23(21)33(5)29(35)25(27)31(37)39-7-2/h8-16H,6-7,17-18H2,1-5H3/b19-16+. The van der Waals surface area contributed by atoms with Gasteiger partial charge in [-0.3, -0.25) is 9.59 Å². The summed E-state index contributed by atoms with van der Waals surface area (Å²) < 4.78 is 25.1. The molecule has 0 aliphatic carbocycles. The van der Waals surface area contributed by atoms with E-state index in [9.17, 15) is 19.2 Å². The van der Waals surface area contributed by atoms with Crippen LogP contribution in [0.3, 0.4) is 0 Å². The molecule has 0 spiro atoms. The molecular formula is C31H32N2O8. The topological polar surface area (TPSA) is 115 Å². The molecule has 0 aliphatic rings. The molecule has 10 nitrogen and oxygen atoms in total. The molecule has 0 aliphatic heterocycles. The molecule has 41 heavy (non-hydrogen) atoms. The van der Waals surface area contributed by atoms with Crippen LogP contribution < -0.4 is 20.6 Å². The third kappa shape index (κ3) is 5.72. The Morgan fingerprint density at radius 3 is 1.63 bits per heavy atom. The van der Waals surface area contributed by atoms with E-state index in [0.717, 1.165) is 5.57 Å². The Labute approximate surface area is 236 Å². The van der Waals surface area contributed by atoms with E-state index in [1.54, 1.807) is 89.5 Å². The minimum Gasteiger partial charge on any atom is -0.488 e. The highest BCUT2D eigenvalue weighted by molar-refractivity contribution is 6.00. The van der Waals surface area contributed by atoms with Crippen molar-refractivity contribution in [2.45, 2.75) is 20.8 Å². The minimum atomic E-state index is -0.762. The molecule has 0 atom stereocenters. The van der Waals surface area contributed by atoms with Gasteiger partial charge in [0.25, 0.3) is 11.1 Å². The number of hydrogen-bond donors (Lipinski definition) is 0. The van der Waals surface area contributed by atoms with Crippen molar-refractivity contribution < 1.29 is 28.5 Å². The SMILES string of the molecule is CCOC(=O)c1c(OC/C=C(\C)COc2c(C(=O)OCC)c(=O)n(C)c3ccccc23)c2ccccc2n(C)c1=O. The molecule has 0 saturated heterocycles. The van der Waals surface area contributed by atoms with Gasteiger partial charge in [-0.1, -0.05) is 24.3 Å².